The lowest BCUT2D eigenvalue weighted by molar-refractivity contribution is -0.131. The minimum absolute atomic E-state index is 0.0800. The third-order valence-corrected chi connectivity index (χ3v) is 5.54. The summed E-state index contributed by atoms with van der Waals surface area (Å²) in [7, 11) is 0. The van der Waals surface area contributed by atoms with Crippen LogP contribution in [0.3, 0.4) is 0 Å². The number of hydrogen-bond donors (Lipinski definition) is 2. The van der Waals surface area contributed by atoms with E-state index in [4.69, 9.17) is 0 Å². The summed E-state index contributed by atoms with van der Waals surface area (Å²) in [6.07, 6.45) is 10.2. The third kappa shape index (κ3) is 3.31. The maximum Gasteiger partial charge on any atom is 0.226 e. The van der Waals surface area contributed by atoms with E-state index in [0.29, 0.717) is 11.8 Å². The van der Waals surface area contributed by atoms with Gasteiger partial charge in [0, 0.05) is 18.6 Å². The lowest BCUT2D eigenvalue weighted by Gasteiger charge is -2.32. The first-order valence-corrected chi connectivity index (χ1v) is 8.11. The molecule has 0 heterocycles. The summed E-state index contributed by atoms with van der Waals surface area (Å²) in [5.41, 5.74) is -0.0800. The van der Waals surface area contributed by atoms with Crippen LogP contribution in [-0.4, -0.2) is 24.2 Å². The van der Waals surface area contributed by atoms with Crippen molar-refractivity contribution in [3.63, 3.8) is 0 Å². The zero-order valence-electron chi connectivity index (χ0n) is 12.3. The quantitative estimate of drug-likeness (QED) is 0.804. The minimum atomic E-state index is -0.0800. The molecular formula is C16H29NO2. The molecule has 0 aromatic rings. The molecule has 2 saturated carbocycles. The number of nitrogens with one attached hydrogen (secondary N) is 1. The molecule has 1 amide bonds. The fourth-order valence-corrected chi connectivity index (χ4v) is 4.00. The lowest BCUT2D eigenvalue weighted by Crippen LogP contribution is -2.43. The number of aliphatic hydroxyl groups is 1. The highest BCUT2D eigenvalue weighted by Gasteiger charge is 2.39. The summed E-state index contributed by atoms with van der Waals surface area (Å²) in [5.74, 6) is 1.16. The van der Waals surface area contributed by atoms with E-state index in [1.807, 2.05) is 0 Å². The van der Waals surface area contributed by atoms with Crippen LogP contribution >= 0.6 is 0 Å². The van der Waals surface area contributed by atoms with Gasteiger partial charge in [0.2, 0.25) is 5.91 Å². The topological polar surface area (TPSA) is 49.3 Å². The predicted molar refractivity (Wildman–Crippen MR) is 76.7 cm³/mol. The fraction of sp³-hybridized carbons (Fsp3) is 0.938. The second kappa shape index (κ2) is 6.74. The second-order valence-electron chi connectivity index (χ2n) is 6.54. The standard InChI is InChI=1S/C16H29NO2/c1-2-16(9-5-6-10-16)15(19)17-11-13-7-3-4-8-14(13)12-18/h13-14,18H,2-12H2,1H3,(H,17,19). The number of amides is 1. The fourth-order valence-electron chi connectivity index (χ4n) is 4.00. The van der Waals surface area contributed by atoms with Crippen molar-refractivity contribution >= 4 is 5.91 Å². The van der Waals surface area contributed by atoms with Crippen molar-refractivity contribution in [2.75, 3.05) is 13.2 Å². The van der Waals surface area contributed by atoms with Crippen molar-refractivity contribution in [2.24, 2.45) is 17.3 Å². The van der Waals surface area contributed by atoms with Crippen molar-refractivity contribution in [1.29, 1.82) is 0 Å². The van der Waals surface area contributed by atoms with Gasteiger partial charge in [0.15, 0.2) is 0 Å². The van der Waals surface area contributed by atoms with Crippen molar-refractivity contribution in [2.45, 2.75) is 64.7 Å². The van der Waals surface area contributed by atoms with Crippen LogP contribution in [0, 0.1) is 17.3 Å². The van der Waals surface area contributed by atoms with Gasteiger partial charge in [-0.15, -0.1) is 0 Å². The molecule has 0 aliphatic heterocycles. The van der Waals surface area contributed by atoms with Gasteiger partial charge in [-0.1, -0.05) is 32.6 Å². The molecule has 0 aromatic heterocycles. The molecule has 2 aliphatic carbocycles. The molecule has 2 rings (SSSR count). The number of aliphatic hydroxyl groups excluding tert-OH is 1. The van der Waals surface area contributed by atoms with Gasteiger partial charge < -0.3 is 10.4 Å². The Hall–Kier alpha value is -0.570. The maximum atomic E-state index is 12.5. The number of rotatable bonds is 5. The van der Waals surface area contributed by atoms with Crippen LogP contribution in [-0.2, 0) is 4.79 Å². The molecule has 2 unspecified atom stereocenters. The molecule has 3 heteroatoms. The van der Waals surface area contributed by atoms with Crippen LogP contribution in [0.2, 0.25) is 0 Å². The molecule has 3 nitrogen and oxygen atoms in total. The van der Waals surface area contributed by atoms with Crippen LogP contribution in [0.4, 0.5) is 0 Å². The number of hydrogen-bond acceptors (Lipinski definition) is 2. The average Bonchev–Trinajstić information content (AvgIpc) is 2.95. The molecule has 0 saturated heterocycles. The molecule has 2 atom stereocenters. The van der Waals surface area contributed by atoms with Crippen LogP contribution in [0.1, 0.15) is 64.7 Å². The molecule has 0 radical (unpaired) electrons. The Balaban J connectivity index is 1.85. The van der Waals surface area contributed by atoms with E-state index in [2.05, 4.69) is 12.2 Å². The summed E-state index contributed by atoms with van der Waals surface area (Å²) in [6.45, 7) is 3.19. The number of carbonyl (C=O) groups is 1. The summed E-state index contributed by atoms with van der Waals surface area (Å²) in [5, 5.41) is 12.6. The highest BCUT2D eigenvalue weighted by Crippen LogP contribution is 2.41. The van der Waals surface area contributed by atoms with E-state index in [1.54, 1.807) is 0 Å². The van der Waals surface area contributed by atoms with Gasteiger partial charge in [0.1, 0.15) is 0 Å². The highest BCUT2D eigenvalue weighted by molar-refractivity contribution is 5.82. The zero-order chi connectivity index (χ0) is 13.7. The Labute approximate surface area is 117 Å². The van der Waals surface area contributed by atoms with Gasteiger partial charge in [-0.05, 0) is 43.9 Å². The lowest BCUT2D eigenvalue weighted by atomic mass is 9.78. The second-order valence-corrected chi connectivity index (χ2v) is 6.54. The normalized spacial score (nSPS) is 30.2. The molecule has 2 fully saturated rings. The Bertz CT molecular complexity index is 297. The summed E-state index contributed by atoms with van der Waals surface area (Å²) in [6, 6.07) is 0. The van der Waals surface area contributed by atoms with E-state index in [9.17, 15) is 9.90 Å². The molecule has 110 valence electrons. The highest BCUT2D eigenvalue weighted by atomic mass is 16.3. The summed E-state index contributed by atoms with van der Waals surface area (Å²) >= 11 is 0. The van der Waals surface area contributed by atoms with Crippen molar-refractivity contribution < 1.29 is 9.90 Å². The van der Waals surface area contributed by atoms with E-state index in [0.717, 1.165) is 38.6 Å². The monoisotopic (exact) mass is 267 g/mol. The third-order valence-electron chi connectivity index (χ3n) is 5.54. The van der Waals surface area contributed by atoms with Crippen LogP contribution in [0.15, 0.2) is 0 Å². The molecule has 0 bridgehead atoms. The first-order chi connectivity index (χ1) is 9.22. The SMILES string of the molecule is CCC1(C(=O)NCC2CCCCC2CO)CCCC1. The van der Waals surface area contributed by atoms with E-state index in [-0.39, 0.29) is 17.9 Å². The first kappa shape index (κ1) is 14.8. The Morgan fingerprint density at radius 2 is 1.79 bits per heavy atom. The van der Waals surface area contributed by atoms with Crippen LogP contribution < -0.4 is 5.32 Å². The van der Waals surface area contributed by atoms with Gasteiger partial charge >= 0.3 is 0 Å². The Morgan fingerprint density at radius 1 is 1.16 bits per heavy atom. The Morgan fingerprint density at radius 3 is 2.37 bits per heavy atom. The number of carbonyl (C=O) groups excluding carboxylic acids is 1. The minimum Gasteiger partial charge on any atom is -0.396 e. The van der Waals surface area contributed by atoms with Crippen molar-refractivity contribution in [3.8, 4) is 0 Å². The smallest absolute Gasteiger partial charge is 0.226 e. The zero-order valence-corrected chi connectivity index (χ0v) is 12.3. The van der Waals surface area contributed by atoms with Gasteiger partial charge in [0.05, 0.1) is 0 Å². The Kier molecular flexibility index (Phi) is 5.26. The molecule has 19 heavy (non-hydrogen) atoms. The van der Waals surface area contributed by atoms with Gasteiger partial charge in [-0.25, -0.2) is 0 Å². The summed E-state index contributed by atoms with van der Waals surface area (Å²) in [4.78, 5) is 12.5. The van der Waals surface area contributed by atoms with Crippen molar-refractivity contribution in [1.82, 2.24) is 5.32 Å². The van der Waals surface area contributed by atoms with Crippen LogP contribution in [0.5, 0.6) is 0 Å². The van der Waals surface area contributed by atoms with E-state index in [1.165, 1.54) is 25.7 Å². The van der Waals surface area contributed by atoms with Crippen molar-refractivity contribution in [3.05, 3.63) is 0 Å². The van der Waals surface area contributed by atoms with Gasteiger partial charge in [-0.3, -0.25) is 4.79 Å². The molecule has 2 N–H and O–H groups in total. The molecular weight excluding hydrogens is 238 g/mol. The average molecular weight is 267 g/mol. The van der Waals surface area contributed by atoms with Crippen LogP contribution in [0.25, 0.3) is 0 Å². The largest absolute Gasteiger partial charge is 0.396 e. The molecule has 0 aromatic carbocycles. The van der Waals surface area contributed by atoms with Gasteiger partial charge in [0.25, 0.3) is 0 Å². The van der Waals surface area contributed by atoms with E-state index < -0.39 is 0 Å². The molecule has 0 spiro atoms. The predicted octanol–water partition coefficient (Wildman–Crippen LogP) is 2.87. The van der Waals surface area contributed by atoms with Gasteiger partial charge in [-0.2, -0.15) is 0 Å². The summed E-state index contributed by atoms with van der Waals surface area (Å²) < 4.78 is 0. The first-order valence-electron chi connectivity index (χ1n) is 8.11. The molecule has 2 aliphatic rings. The van der Waals surface area contributed by atoms with E-state index >= 15 is 0 Å². The maximum absolute atomic E-state index is 12.5.